The van der Waals surface area contributed by atoms with Crippen LogP contribution in [0.3, 0.4) is 0 Å². The summed E-state index contributed by atoms with van der Waals surface area (Å²) in [5, 5.41) is 2.36. The zero-order chi connectivity index (χ0) is 17.5. The Hall–Kier alpha value is -2.83. The first kappa shape index (κ1) is 17.5. The number of allylic oxidation sites excluding steroid dienone is 1. The Labute approximate surface area is 139 Å². The number of alkyl carbamates (subject to hydrolysis) is 1. The lowest BCUT2D eigenvalue weighted by Crippen LogP contribution is -2.29. The molecular weight excluding hydrogens is 314 g/mol. The molecule has 0 radical (unpaired) electrons. The molecule has 1 aromatic rings. The van der Waals surface area contributed by atoms with Gasteiger partial charge in [-0.1, -0.05) is 30.3 Å². The van der Waals surface area contributed by atoms with Gasteiger partial charge in [-0.2, -0.15) is 0 Å². The number of hydrogen-bond donors (Lipinski definition) is 1. The summed E-state index contributed by atoms with van der Waals surface area (Å²) in [6.07, 6.45) is 1.29. The third-order valence-corrected chi connectivity index (χ3v) is 3.58. The molecule has 1 amide bonds. The Morgan fingerprint density at radius 2 is 1.88 bits per heavy atom. The summed E-state index contributed by atoms with van der Waals surface area (Å²) in [7, 11) is 2.51. The molecule has 1 N–H and O–H groups in total. The molecule has 1 aliphatic carbocycles. The van der Waals surface area contributed by atoms with Gasteiger partial charge in [0, 0.05) is 0 Å². The lowest BCUT2D eigenvalue weighted by Gasteiger charge is -2.09. The Morgan fingerprint density at radius 3 is 2.50 bits per heavy atom. The van der Waals surface area contributed by atoms with Crippen molar-refractivity contribution in [1.82, 2.24) is 5.32 Å². The molecule has 0 aliphatic heterocycles. The molecule has 1 aliphatic rings. The second-order valence-electron chi connectivity index (χ2n) is 5.29. The highest BCUT2D eigenvalue weighted by Crippen LogP contribution is 2.41. The van der Waals surface area contributed by atoms with E-state index in [-0.39, 0.29) is 30.1 Å². The number of hydrogen-bond acceptors (Lipinski definition) is 6. The fourth-order valence-electron chi connectivity index (χ4n) is 2.18. The molecule has 128 valence electrons. The van der Waals surface area contributed by atoms with Crippen molar-refractivity contribution >= 4 is 18.0 Å². The summed E-state index contributed by atoms with van der Waals surface area (Å²) in [4.78, 5) is 35.0. The van der Waals surface area contributed by atoms with Crippen LogP contribution in [0, 0.1) is 11.8 Å². The van der Waals surface area contributed by atoms with Gasteiger partial charge in [0.05, 0.1) is 20.1 Å². The number of methoxy groups -OCH3 is 2. The molecule has 2 rings (SSSR count). The average Bonchev–Trinajstić information content (AvgIpc) is 3.38. The second kappa shape index (κ2) is 8.14. The van der Waals surface area contributed by atoms with E-state index in [0.29, 0.717) is 6.42 Å². The van der Waals surface area contributed by atoms with E-state index in [9.17, 15) is 14.4 Å². The van der Waals surface area contributed by atoms with Crippen molar-refractivity contribution in [3.63, 3.8) is 0 Å². The van der Waals surface area contributed by atoms with Gasteiger partial charge in [0.2, 0.25) is 0 Å². The van der Waals surface area contributed by atoms with Crippen molar-refractivity contribution < 1.29 is 28.6 Å². The van der Waals surface area contributed by atoms with Crippen molar-refractivity contribution in [1.29, 1.82) is 0 Å². The normalized spacial score (nSPS) is 19.2. The van der Waals surface area contributed by atoms with Crippen LogP contribution in [0.25, 0.3) is 0 Å². The van der Waals surface area contributed by atoms with E-state index in [4.69, 9.17) is 4.74 Å². The standard InChI is InChI=1S/C17H19NO6/c1-22-15(19)13-8-12(13)9-14(16(20)23-2)18-17(21)24-10-11-6-4-3-5-7-11/h3-7,9,12-13H,8,10H2,1-2H3,(H,18,21)/b14-9-/t12-,13-/m0/s1. The highest BCUT2D eigenvalue weighted by Gasteiger charge is 2.43. The van der Waals surface area contributed by atoms with Gasteiger partial charge < -0.3 is 14.2 Å². The van der Waals surface area contributed by atoms with Gasteiger partial charge in [-0.15, -0.1) is 0 Å². The number of benzene rings is 1. The van der Waals surface area contributed by atoms with Crippen molar-refractivity contribution in [2.75, 3.05) is 14.2 Å². The summed E-state index contributed by atoms with van der Waals surface area (Å²) < 4.78 is 14.3. The van der Waals surface area contributed by atoms with Crippen molar-refractivity contribution in [3.8, 4) is 0 Å². The molecule has 7 nitrogen and oxygen atoms in total. The van der Waals surface area contributed by atoms with Gasteiger partial charge in [0.25, 0.3) is 0 Å². The van der Waals surface area contributed by atoms with Crippen LogP contribution >= 0.6 is 0 Å². The quantitative estimate of drug-likeness (QED) is 0.485. The van der Waals surface area contributed by atoms with Crippen LogP contribution in [0.5, 0.6) is 0 Å². The Balaban J connectivity index is 1.93. The van der Waals surface area contributed by atoms with Crippen molar-refractivity contribution in [2.24, 2.45) is 11.8 Å². The summed E-state index contributed by atoms with van der Waals surface area (Å²) in [5.74, 6) is -1.51. The molecule has 1 aromatic carbocycles. The van der Waals surface area contributed by atoms with Crippen LogP contribution in [0.2, 0.25) is 0 Å². The molecule has 7 heteroatoms. The molecule has 0 unspecified atom stereocenters. The minimum Gasteiger partial charge on any atom is -0.469 e. The van der Waals surface area contributed by atoms with Crippen LogP contribution < -0.4 is 5.32 Å². The topological polar surface area (TPSA) is 90.9 Å². The van der Waals surface area contributed by atoms with E-state index in [1.807, 2.05) is 30.3 Å². The first-order valence-electron chi connectivity index (χ1n) is 7.40. The minimum atomic E-state index is -0.772. The average molecular weight is 333 g/mol. The molecule has 1 fully saturated rings. The highest BCUT2D eigenvalue weighted by molar-refractivity contribution is 5.92. The van der Waals surface area contributed by atoms with E-state index in [1.165, 1.54) is 20.3 Å². The van der Waals surface area contributed by atoms with E-state index >= 15 is 0 Å². The number of rotatable bonds is 6. The fraction of sp³-hybridized carbons (Fsp3) is 0.353. The Kier molecular flexibility index (Phi) is 5.95. The lowest BCUT2D eigenvalue weighted by atomic mass is 10.2. The fourth-order valence-corrected chi connectivity index (χ4v) is 2.18. The van der Waals surface area contributed by atoms with Crippen LogP contribution in [-0.4, -0.2) is 32.3 Å². The zero-order valence-corrected chi connectivity index (χ0v) is 13.5. The van der Waals surface area contributed by atoms with E-state index in [1.54, 1.807) is 0 Å². The maximum absolute atomic E-state index is 11.8. The van der Waals surface area contributed by atoms with Gasteiger partial charge >= 0.3 is 18.0 Å². The molecule has 0 bridgehead atoms. The number of amides is 1. The van der Waals surface area contributed by atoms with Gasteiger partial charge in [-0.25, -0.2) is 9.59 Å². The van der Waals surface area contributed by atoms with Crippen molar-refractivity contribution in [2.45, 2.75) is 13.0 Å². The highest BCUT2D eigenvalue weighted by atomic mass is 16.6. The number of carbonyl (C=O) groups excluding carboxylic acids is 3. The first-order chi connectivity index (χ1) is 11.5. The maximum atomic E-state index is 11.8. The molecule has 0 heterocycles. The Morgan fingerprint density at radius 1 is 1.17 bits per heavy atom. The predicted octanol–water partition coefficient (Wildman–Crippen LogP) is 1.78. The maximum Gasteiger partial charge on any atom is 0.412 e. The molecular formula is C17H19NO6. The van der Waals surface area contributed by atoms with Gasteiger partial charge in [-0.3, -0.25) is 10.1 Å². The molecule has 0 spiro atoms. The van der Waals surface area contributed by atoms with Crippen LogP contribution in [-0.2, 0) is 30.4 Å². The van der Waals surface area contributed by atoms with Gasteiger partial charge in [0.15, 0.2) is 0 Å². The van der Waals surface area contributed by atoms with Crippen molar-refractivity contribution in [3.05, 3.63) is 47.7 Å². The molecule has 0 aromatic heterocycles. The zero-order valence-electron chi connectivity index (χ0n) is 13.5. The number of nitrogens with one attached hydrogen (secondary N) is 1. The third kappa shape index (κ3) is 4.84. The predicted molar refractivity (Wildman–Crippen MR) is 83.5 cm³/mol. The summed E-state index contributed by atoms with van der Waals surface area (Å²) in [5.41, 5.74) is 0.774. The SMILES string of the molecule is COC(=O)/C(=C/[C@@H]1C[C@@H]1C(=O)OC)NC(=O)OCc1ccccc1. The number of esters is 2. The van der Waals surface area contributed by atoms with E-state index in [2.05, 4.69) is 14.8 Å². The monoisotopic (exact) mass is 333 g/mol. The van der Waals surface area contributed by atoms with Crippen LogP contribution in [0.4, 0.5) is 4.79 Å². The van der Waals surface area contributed by atoms with E-state index < -0.39 is 12.1 Å². The number of ether oxygens (including phenoxy) is 3. The third-order valence-electron chi connectivity index (χ3n) is 3.58. The smallest absolute Gasteiger partial charge is 0.412 e. The van der Waals surface area contributed by atoms with Crippen LogP contribution in [0.15, 0.2) is 42.1 Å². The summed E-state index contributed by atoms with van der Waals surface area (Å²) in [6.45, 7) is 0.0787. The molecule has 1 saturated carbocycles. The molecule has 0 saturated heterocycles. The molecule has 24 heavy (non-hydrogen) atoms. The summed E-state index contributed by atoms with van der Waals surface area (Å²) >= 11 is 0. The lowest BCUT2D eigenvalue weighted by molar-refractivity contribution is -0.142. The largest absolute Gasteiger partial charge is 0.469 e. The van der Waals surface area contributed by atoms with Gasteiger partial charge in [-0.05, 0) is 24.0 Å². The second-order valence-corrected chi connectivity index (χ2v) is 5.29. The van der Waals surface area contributed by atoms with Crippen LogP contribution in [0.1, 0.15) is 12.0 Å². The number of carbonyl (C=O) groups is 3. The Bertz CT molecular complexity index is 640. The molecule has 2 atom stereocenters. The van der Waals surface area contributed by atoms with Gasteiger partial charge in [0.1, 0.15) is 12.3 Å². The summed E-state index contributed by atoms with van der Waals surface area (Å²) in [6, 6.07) is 9.15. The van der Waals surface area contributed by atoms with E-state index in [0.717, 1.165) is 5.56 Å². The minimum absolute atomic E-state index is 0.0491. The first-order valence-corrected chi connectivity index (χ1v) is 7.40.